The van der Waals surface area contributed by atoms with Crippen molar-refractivity contribution >= 4 is 5.97 Å². The zero-order chi connectivity index (χ0) is 9.97. The van der Waals surface area contributed by atoms with Crippen LogP contribution in [0.2, 0.25) is 0 Å². The highest BCUT2D eigenvalue weighted by atomic mass is 16.5. The van der Waals surface area contributed by atoms with Gasteiger partial charge in [0.05, 0.1) is 12.1 Å². The number of carboxylic acid groups (broad SMARTS) is 1. The lowest BCUT2D eigenvalue weighted by atomic mass is 10.1. The third-order valence-corrected chi connectivity index (χ3v) is 2.76. The fourth-order valence-electron chi connectivity index (χ4n) is 1.92. The Morgan fingerprint density at radius 1 is 1.43 bits per heavy atom. The molecule has 2 fully saturated rings. The molecule has 2 rings (SSSR count). The van der Waals surface area contributed by atoms with E-state index in [0.29, 0.717) is 18.1 Å². The van der Waals surface area contributed by atoms with Crippen LogP contribution in [0.4, 0.5) is 0 Å². The quantitative estimate of drug-likeness (QED) is 0.653. The maximum atomic E-state index is 10.2. The number of carbonyl (C=O) groups is 1. The molecule has 0 radical (unpaired) electrons. The van der Waals surface area contributed by atoms with Crippen LogP contribution < -0.4 is 5.32 Å². The second-order valence-electron chi connectivity index (χ2n) is 3.91. The zero-order valence-corrected chi connectivity index (χ0v) is 7.98. The van der Waals surface area contributed by atoms with E-state index in [-0.39, 0.29) is 0 Å². The monoisotopic (exact) mass is 197 g/mol. The van der Waals surface area contributed by atoms with Gasteiger partial charge in [-0.1, -0.05) is 0 Å². The lowest BCUT2D eigenvalue weighted by molar-refractivity contribution is -0.131. The minimum absolute atomic E-state index is 0.299. The van der Waals surface area contributed by atoms with E-state index in [2.05, 4.69) is 5.32 Å². The molecule has 4 nitrogen and oxygen atoms in total. The fourth-order valence-corrected chi connectivity index (χ4v) is 1.92. The maximum absolute atomic E-state index is 10.2. The Hall–Kier alpha value is -1.03. The van der Waals surface area contributed by atoms with E-state index < -0.39 is 5.97 Å². The molecule has 2 atom stereocenters. The molecule has 4 heteroatoms. The molecule has 1 heterocycles. The lowest BCUT2D eigenvalue weighted by Crippen LogP contribution is -2.34. The Bertz CT molecular complexity index is 248. The molecule has 2 N–H and O–H groups in total. The van der Waals surface area contributed by atoms with E-state index in [9.17, 15) is 4.79 Å². The summed E-state index contributed by atoms with van der Waals surface area (Å²) in [7, 11) is 0. The molecule has 2 aliphatic rings. The van der Waals surface area contributed by atoms with Crippen molar-refractivity contribution < 1.29 is 14.6 Å². The molecule has 1 saturated carbocycles. The summed E-state index contributed by atoms with van der Waals surface area (Å²) >= 11 is 0. The number of carboxylic acids is 1. The summed E-state index contributed by atoms with van der Waals surface area (Å²) in [5, 5.41) is 11.5. The highest BCUT2D eigenvalue weighted by Gasteiger charge is 2.40. The molecule has 2 unspecified atom stereocenters. The van der Waals surface area contributed by atoms with E-state index in [0.717, 1.165) is 19.1 Å². The summed E-state index contributed by atoms with van der Waals surface area (Å²) < 4.78 is 5.60. The van der Waals surface area contributed by atoms with Crippen molar-refractivity contribution in [3.63, 3.8) is 0 Å². The molecule has 1 aliphatic carbocycles. The topological polar surface area (TPSA) is 58.6 Å². The Balaban J connectivity index is 1.81. The first kappa shape index (κ1) is 9.52. The van der Waals surface area contributed by atoms with Crippen molar-refractivity contribution in [2.24, 2.45) is 5.92 Å². The number of rotatable bonds is 4. The largest absolute Gasteiger partial charge is 0.478 e. The number of hydrogen-bond donors (Lipinski definition) is 2. The molecule has 0 aromatic carbocycles. The lowest BCUT2D eigenvalue weighted by Gasteiger charge is -2.17. The maximum Gasteiger partial charge on any atom is 0.329 e. The SMILES string of the molecule is O=C(O)/C=C/NC1CCOC1C1CC1. The van der Waals surface area contributed by atoms with Gasteiger partial charge >= 0.3 is 5.97 Å². The van der Waals surface area contributed by atoms with Crippen molar-refractivity contribution in [2.45, 2.75) is 31.4 Å². The van der Waals surface area contributed by atoms with E-state index in [1.54, 1.807) is 0 Å². The minimum Gasteiger partial charge on any atom is -0.478 e. The summed E-state index contributed by atoms with van der Waals surface area (Å²) in [6.07, 6.45) is 6.43. The summed E-state index contributed by atoms with van der Waals surface area (Å²) in [5.41, 5.74) is 0. The van der Waals surface area contributed by atoms with E-state index in [1.165, 1.54) is 19.0 Å². The van der Waals surface area contributed by atoms with Gasteiger partial charge in [-0.05, 0) is 25.2 Å². The fraction of sp³-hybridized carbons (Fsp3) is 0.700. The molecule has 0 amide bonds. The summed E-state index contributed by atoms with van der Waals surface area (Å²) in [6.45, 7) is 0.791. The molecule has 78 valence electrons. The molecule has 1 aliphatic heterocycles. The van der Waals surface area contributed by atoms with Crippen molar-refractivity contribution in [2.75, 3.05) is 6.61 Å². The van der Waals surface area contributed by atoms with Gasteiger partial charge < -0.3 is 15.2 Å². The summed E-state index contributed by atoms with van der Waals surface area (Å²) in [6, 6.07) is 0.304. The Morgan fingerprint density at radius 2 is 2.21 bits per heavy atom. The van der Waals surface area contributed by atoms with Crippen molar-refractivity contribution in [1.82, 2.24) is 5.32 Å². The standard InChI is InChI=1S/C10H15NO3/c12-9(13)3-5-11-8-4-6-14-10(8)7-1-2-7/h3,5,7-8,10-11H,1-2,4,6H2,(H,12,13)/b5-3+. The predicted octanol–water partition coefficient (Wildman–Crippen LogP) is 0.742. The minimum atomic E-state index is -0.917. The Morgan fingerprint density at radius 3 is 2.86 bits per heavy atom. The molecular formula is C10H15NO3. The number of hydrogen-bond acceptors (Lipinski definition) is 3. The van der Waals surface area contributed by atoms with Gasteiger partial charge in [0, 0.05) is 18.9 Å². The van der Waals surface area contributed by atoms with Gasteiger partial charge in [-0.15, -0.1) is 0 Å². The van der Waals surface area contributed by atoms with E-state index >= 15 is 0 Å². The van der Waals surface area contributed by atoms with Crippen LogP contribution in [0.15, 0.2) is 12.3 Å². The number of ether oxygens (including phenoxy) is 1. The van der Waals surface area contributed by atoms with Crippen LogP contribution in [0.25, 0.3) is 0 Å². The van der Waals surface area contributed by atoms with Crippen LogP contribution in [-0.4, -0.2) is 29.8 Å². The van der Waals surface area contributed by atoms with Gasteiger partial charge in [-0.25, -0.2) is 4.79 Å². The highest BCUT2D eigenvalue weighted by molar-refractivity contribution is 5.79. The molecule has 0 spiro atoms. The van der Waals surface area contributed by atoms with Crippen molar-refractivity contribution in [3.05, 3.63) is 12.3 Å². The second kappa shape index (κ2) is 4.00. The van der Waals surface area contributed by atoms with Gasteiger partial charge in [-0.2, -0.15) is 0 Å². The average Bonchev–Trinajstić information content (AvgIpc) is 2.87. The number of aliphatic carboxylic acids is 1. The van der Waals surface area contributed by atoms with Crippen molar-refractivity contribution in [3.8, 4) is 0 Å². The molecule has 0 bridgehead atoms. The molecule has 1 saturated heterocycles. The van der Waals surface area contributed by atoms with Gasteiger partial charge in [-0.3, -0.25) is 0 Å². The Labute approximate surface area is 82.9 Å². The average molecular weight is 197 g/mol. The zero-order valence-electron chi connectivity index (χ0n) is 7.98. The van der Waals surface area contributed by atoms with Gasteiger partial charge in [0.15, 0.2) is 0 Å². The van der Waals surface area contributed by atoms with Crippen LogP contribution >= 0.6 is 0 Å². The highest BCUT2D eigenvalue weighted by Crippen LogP contribution is 2.38. The van der Waals surface area contributed by atoms with E-state index in [1.807, 2.05) is 0 Å². The third kappa shape index (κ3) is 2.26. The first-order valence-electron chi connectivity index (χ1n) is 5.04. The first-order chi connectivity index (χ1) is 6.77. The predicted molar refractivity (Wildman–Crippen MR) is 50.8 cm³/mol. The van der Waals surface area contributed by atoms with Crippen LogP contribution in [0.3, 0.4) is 0 Å². The smallest absolute Gasteiger partial charge is 0.329 e. The molecule has 14 heavy (non-hydrogen) atoms. The van der Waals surface area contributed by atoms with Crippen LogP contribution in [0.5, 0.6) is 0 Å². The number of nitrogens with one attached hydrogen (secondary N) is 1. The normalized spacial score (nSPS) is 32.3. The van der Waals surface area contributed by atoms with Gasteiger partial charge in [0.25, 0.3) is 0 Å². The molecule has 0 aromatic rings. The third-order valence-electron chi connectivity index (χ3n) is 2.76. The van der Waals surface area contributed by atoms with Crippen LogP contribution in [0.1, 0.15) is 19.3 Å². The van der Waals surface area contributed by atoms with Gasteiger partial charge in [0.2, 0.25) is 0 Å². The Kier molecular flexibility index (Phi) is 2.72. The van der Waals surface area contributed by atoms with Crippen LogP contribution in [0, 0.1) is 5.92 Å². The first-order valence-corrected chi connectivity index (χ1v) is 5.04. The summed E-state index contributed by atoms with van der Waals surface area (Å²) in [5.74, 6) is -0.215. The molecular weight excluding hydrogens is 182 g/mol. The summed E-state index contributed by atoms with van der Waals surface area (Å²) in [4.78, 5) is 10.2. The van der Waals surface area contributed by atoms with Crippen molar-refractivity contribution in [1.29, 1.82) is 0 Å². The van der Waals surface area contributed by atoms with Gasteiger partial charge in [0.1, 0.15) is 0 Å². The van der Waals surface area contributed by atoms with E-state index in [4.69, 9.17) is 9.84 Å². The second-order valence-corrected chi connectivity index (χ2v) is 3.91. The molecule has 0 aromatic heterocycles. The van der Waals surface area contributed by atoms with Crippen LogP contribution in [-0.2, 0) is 9.53 Å².